The Hall–Kier alpha value is -1.58. The molecule has 0 amide bonds. The number of rotatable bonds is 6. The van der Waals surface area contributed by atoms with Gasteiger partial charge in [-0.05, 0) is 11.5 Å². The summed E-state index contributed by atoms with van der Waals surface area (Å²) in [5, 5.41) is 13.9. The molecule has 2 N–H and O–H groups in total. The lowest BCUT2D eigenvalue weighted by Crippen LogP contribution is -2.35. The molecule has 2 rings (SSSR count). The molecular formula is C16H21NO2. The molecule has 1 unspecified atom stereocenters. The first-order chi connectivity index (χ1) is 10.9. The second-order valence-corrected chi connectivity index (χ2v) is 4.37. The van der Waals surface area contributed by atoms with Crippen molar-refractivity contribution in [3.63, 3.8) is 0 Å². The Morgan fingerprint density at radius 3 is 2.79 bits per heavy atom. The molecule has 2 aromatic carbocycles. The van der Waals surface area contributed by atoms with Gasteiger partial charge >= 0.3 is 0 Å². The SMILES string of the molecule is [2H]C(C)(C)NC([2H])([2H])C(O)C([2H])([2H])Oc1cccc2ccccc12. The van der Waals surface area contributed by atoms with Crippen molar-refractivity contribution in [2.24, 2.45) is 0 Å². The minimum Gasteiger partial charge on any atom is -0.490 e. The Kier molecular flexibility index (Phi) is 2.95. The second kappa shape index (κ2) is 6.55. The number of benzene rings is 2. The number of nitrogens with one attached hydrogen (secondary N) is 1. The van der Waals surface area contributed by atoms with Crippen molar-refractivity contribution in [2.75, 3.05) is 13.1 Å². The third kappa shape index (κ3) is 3.94. The van der Waals surface area contributed by atoms with Crippen LogP contribution in [0.4, 0.5) is 0 Å². The fourth-order valence-corrected chi connectivity index (χ4v) is 1.65. The molecule has 2 aromatic rings. The summed E-state index contributed by atoms with van der Waals surface area (Å²) in [5.74, 6) is 0.207. The lowest BCUT2D eigenvalue weighted by molar-refractivity contribution is 0.105. The van der Waals surface area contributed by atoms with Crippen LogP contribution in [0.25, 0.3) is 10.8 Å². The maximum Gasteiger partial charge on any atom is 0.127 e. The molecule has 0 saturated carbocycles. The maximum atomic E-state index is 10.2. The molecule has 0 spiro atoms. The van der Waals surface area contributed by atoms with Crippen LogP contribution in [-0.2, 0) is 0 Å². The average Bonchev–Trinajstić information content (AvgIpc) is 2.44. The van der Waals surface area contributed by atoms with Gasteiger partial charge < -0.3 is 15.2 Å². The number of ether oxygens (including phenoxy) is 1. The summed E-state index contributed by atoms with van der Waals surface area (Å²) in [4.78, 5) is 0. The van der Waals surface area contributed by atoms with Gasteiger partial charge in [-0.2, -0.15) is 0 Å². The third-order valence-corrected chi connectivity index (χ3v) is 2.49. The number of fused-ring (bicyclic) bond motifs is 1. The van der Waals surface area contributed by atoms with Crippen LogP contribution in [0.15, 0.2) is 42.5 Å². The van der Waals surface area contributed by atoms with E-state index in [1.807, 2.05) is 18.2 Å². The Bertz CT molecular complexity index is 710. The van der Waals surface area contributed by atoms with Crippen molar-refractivity contribution >= 4 is 10.8 Å². The van der Waals surface area contributed by atoms with E-state index in [2.05, 4.69) is 5.32 Å². The highest BCUT2D eigenvalue weighted by Gasteiger charge is 2.07. The quantitative estimate of drug-likeness (QED) is 0.842. The van der Waals surface area contributed by atoms with Gasteiger partial charge in [-0.15, -0.1) is 0 Å². The highest BCUT2D eigenvalue weighted by Crippen LogP contribution is 2.25. The van der Waals surface area contributed by atoms with Gasteiger partial charge in [-0.1, -0.05) is 50.2 Å². The summed E-state index contributed by atoms with van der Waals surface area (Å²) in [6.45, 7) is -2.46. The van der Waals surface area contributed by atoms with E-state index in [-0.39, 0.29) is 5.75 Å². The Morgan fingerprint density at radius 1 is 1.26 bits per heavy atom. The molecule has 0 aliphatic heterocycles. The van der Waals surface area contributed by atoms with E-state index in [1.165, 1.54) is 13.8 Å². The molecule has 1 atom stereocenters. The van der Waals surface area contributed by atoms with Crippen molar-refractivity contribution in [3.8, 4) is 5.75 Å². The largest absolute Gasteiger partial charge is 0.490 e. The first kappa shape index (κ1) is 8.56. The highest BCUT2D eigenvalue weighted by atomic mass is 16.5. The normalized spacial score (nSPS) is 18.8. The van der Waals surface area contributed by atoms with E-state index in [0.29, 0.717) is 5.39 Å². The van der Waals surface area contributed by atoms with Crippen LogP contribution in [0.1, 0.15) is 20.7 Å². The number of hydrogen-bond donors (Lipinski definition) is 2. The molecule has 0 radical (unpaired) electrons. The molecular weight excluding hydrogens is 238 g/mol. The van der Waals surface area contributed by atoms with Crippen molar-refractivity contribution in [1.82, 2.24) is 5.32 Å². The molecule has 0 aliphatic rings. The standard InChI is InChI=1S/C16H21NO2/c1-12(2)17-10-14(18)11-19-16-9-5-7-13-6-3-4-8-15(13)16/h3-9,12,14,17-18H,10-11H2,1-2H3/i10D2,11D2,12D. The molecule has 0 fully saturated rings. The van der Waals surface area contributed by atoms with Gasteiger partial charge in [0.1, 0.15) is 18.4 Å². The van der Waals surface area contributed by atoms with E-state index in [9.17, 15) is 5.11 Å². The average molecular weight is 264 g/mol. The Morgan fingerprint density at radius 2 is 2.00 bits per heavy atom. The van der Waals surface area contributed by atoms with Gasteiger partial charge in [0.25, 0.3) is 0 Å². The summed E-state index contributed by atoms with van der Waals surface area (Å²) in [6, 6.07) is 10.9. The van der Waals surface area contributed by atoms with Gasteiger partial charge in [0.2, 0.25) is 0 Å². The lowest BCUT2D eigenvalue weighted by Gasteiger charge is -2.15. The molecule has 102 valence electrons. The van der Waals surface area contributed by atoms with Crippen LogP contribution in [0.3, 0.4) is 0 Å². The molecule has 0 saturated heterocycles. The van der Waals surface area contributed by atoms with Crippen LogP contribution in [0, 0.1) is 0 Å². The number of aliphatic hydroxyl groups is 1. The molecule has 0 bridgehead atoms. The van der Waals surface area contributed by atoms with Crippen LogP contribution in [0.5, 0.6) is 5.75 Å². The number of aliphatic hydroxyl groups excluding tert-OH is 1. The molecule has 3 heteroatoms. The second-order valence-electron chi connectivity index (χ2n) is 4.37. The van der Waals surface area contributed by atoms with E-state index >= 15 is 0 Å². The van der Waals surface area contributed by atoms with Gasteiger partial charge in [0.05, 0.1) is 2.74 Å². The topological polar surface area (TPSA) is 41.5 Å². The van der Waals surface area contributed by atoms with Crippen LogP contribution in [0.2, 0.25) is 0 Å². The first-order valence-electron chi connectivity index (χ1n) is 8.57. The molecule has 0 heterocycles. The maximum absolute atomic E-state index is 10.2. The summed E-state index contributed by atoms with van der Waals surface area (Å²) < 4.78 is 44.6. The van der Waals surface area contributed by atoms with Gasteiger partial charge in [-0.3, -0.25) is 0 Å². The Labute approximate surface area is 121 Å². The highest BCUT2D eigenvalue weighted by molar-refractivity contribution is 5.88. The predicted molar refractivity (Wildman–Crippen MR) is 78.6 cm³/mol. The minimum absolute atomic E-state index is 0.207. The van der Waals surface area contributed by atoms with Crippen molar-refractivity contribution in [2.45, 2.75) is 26.0 Å². The summed E-state index contributed by atoms with van der Waals surface area (Å²) in [6.07, 6.45) is -2.14. The van der Waals surface area contributed by atoms with Crippen molar-refractivity contribution in [3.05, 3.63) is 42.5 Å². The summed E-state index contributed by atoms with van der Waals surface area (Å²) in [7, 11) is 0. The van der Waals surface area contributed by atoms with E-state index in [0.717, 1.165) is 5.39 Å². The predicted octanol–water partition coefficient (Wildman–Crippen LogP) is 2.58. The summed E-state index contributed by atoms with van der Waals surface area (Å²) in [5.41, 5.74) is 0. The molecule has 3 nitrogen and oxygen atoms in total. The first-order valence-corrected chi connectivity index (χ1v) is 6.07. The zero-order valence-electron chi connectivity index (χ0n) is 16.0. The zero-order valence-corrected chi connectivity index (χ0v) is 11.0. The smallest absolute Gasteiger partial charge is 0.127 e. The monoisotopic (exact) mass is 264 g/mol. The summed E-state index contributed by atoms with van der Waals surface area (Å²) >= 11 is 0. The van der Waals surface area contributed by atoms with Gasteiger partial charge in [-0.25, -0.2) is 0 Å². The van der Waals surface area contributed by atoms with Crippen LogP contribution in [-0.4, -0.2) is 30.3 Å². The van der Waals surface area contributed by atoms with E-state index < -0.39 is 25.2 Å². The van der Waals surface area contributed by atoms with Gasteiger partial charge in [0.15, 0.2) is 0 Å². The minimum atomic E-state index is -2.70. The van der Waals surface area contributed by atoms with Crippen molar-refractivity contribution in [1.29, 1.82) is 0 Å². The van der Waals surface area contributed by atoms with Crippen LogP contribution >= 0.6 is 0 Å². The van der Waals surface area contributed by atoms with Gasteiger partial charge in [0, 0.05) is 22.0 Å². The fourth-order valence-electron chi connectivity index (χ4n) is 1.65. The number of hydrogen-bond acceptors (Lipinski definition) is 3. The van der Waals surface area contributed by atoms with Crippen LogP contribution < -0.4 is 10.1 Å². The third-order valence-electron chi connectivity index (χ3n) is 2.49. The molecule has 0 aliphatic carbocycles. The fraction of sp³-hybridized carbons (Fsp3) is 0.375. The molecule has 0 aromatic heterocycles. The van der Waals surface area contributed by atoms with E-state index in [1.54, 1.807) is 24.3 Å². The molecule has 19 heavy (non-hydrogen) atoms. The Balaban J connectivity index is 2.29. The van der Waals surface area contributed by atoms with E-state index in [4.69, 9.17) is 11.6 Å². The van der Waals surface area contributed by atoms with Crippen molar-refractivity contribution < 1.29 is 16.7 Å². The zero-order chi connectivity index (χ0) is 18.2. The lowest BCUT2D eigenvalue weighted by atomic mass is 10.1.